The zero-order valence-corrected chi connectivity index (χ0v) is 10.2. The van der Waals surface area contributed by atoms with Crippen LogP contribution >= 0.6 is 31.4 Å². The van der Waals surface area contributed by atoms with E-state index in [1.54, 1.807) is 12.2 Å². The quantitative estimate of drug-likeness (QED) is 0.440. The summed E-state index contributed by atoms with van der Waals surface area (Å²) in [5.74, 6) is 0. The maximum Gasteiger partial charge on any atom is 0.244 e. The molecule has 12 heavy (non-hydrogen) atoms. The maximum absolute atomic E-state index is 5.08. The van der Waals surface area contributed by atoms with Gasteiger partial charge in [-0.2, -0.15) is 13.5 Å². The monoisotopic (exact) mass is 244 g/mol. The smallest absolute Gasteiger partial charge is 0.244 e. The molecule has 2 nitrogen and oxygen atoms in total. The minimum absolute atomic E-state index is 0. The normalized spacial score (nSPS) is 10.1. The molecule has 0 aliphatic rings. The molecule has 0 radical (unpaired) electrons. The third-order valence-corrected chi connectivity index (χ3v) is 2.99. The van der Waals surface area contributed by atoms with Gasteiger partial charge in [-0.15, -0.1) is 13.2 Å². The fourth-order valence-electron chi connectivity index (χ4n) is 0.331. The van der Waals surface area contributed by atoms with E-state index in [1.807, 2.05) is 0 Å². The van der Waals surface area contributed by atoms with Crippen molar-refractivity contribution < 1.29 is 9.05 Å². The summed E-state index contributed by atoms with van der Waals surface area (Å²) in [6.07, 6.45) is 3.21. The zero-order chi connectivity index (χ0) is 8.74. The van der Waals surface area contributed by atoms with Gasteiger partial charge in [-0.1, -0.05) is 24.4 Å². The van der Waals surface area contributed by atoms with Crippen LogP contribution in [0, 0.1) is 0 Å². The summed E-state index contributed by atoms with van der Waals surface area (Å²) in [6.45, 7) is 7.71. The Labute approximate surface area is 90.8 Å². The predicted molar refractivity (Wildman–Crippen MR) is 66.0 cm³/mol. The van der Waals surface area contributed by atoms with Crippen molar-refractivity contribution in [3.8, 4) is 0 Å². The van der Waals surface area contributed by atoms with Crippen LogP contribution < -0.4 is 0 Å². The second-order valence-corrected chi connectivity index (χ2v) is 6.92. The zero-order valence-electron chi connectivity index (χ0n) is 6.60. The molecule has 0 aromatic carbocycles. The van der Waals surface area contributed by atoms with Crippen LogP contribution in [0.1, 0.15) is 0 Å². The van der Waals surface area contributed by atoms with Gasteiger partial charge in [0.1, 0.15) is 0 Å². The highest BCUT2D eigenvalue weighted by atomic mass is 32.9. The molecule has 0 unspecified atom stereocenters. The molecule has 0 spiro atoms. The fourth-order valence-corrected chi connectivity index (χ4v) is 1.76. The van der Waals surface area contributed by atoms with Crippen LogP contribution in [0.25, 0.3) is 0 Å². The summed E-state index contributed by atoms with van der Waals surface area (Å²) >= 11 is 8.95. The molecular weight excluding hydrogens is 231 g/mol. The summed E-state index contributed by atoms with van der Waals surface area (Å²) in [7, 11) is 0. The molecule has 0 atom stereocenters. The van der Waals surface area contributed by atoms with Gasteiger partial charge in [0.15, 0.2) is 0 Å². The van der Waals surface area contributed by atoms with E-state index in [9.17, 15) is 0 Å². The highest BCUT2D eigenvalue weighted by Gasteiger charge is 2.09. The summed E-state index contributed by atoms with van der Waals surface area (Å²) in [4.78, 5) is 0. The first-order chi connectivity index (χ1) is 5.12. The van der Waals surface area contributed by atoms with Crippen LogP contribution in [0.3, 0.4) is 0 Å². The van der Waals surface area contributed by atoms with Gasteiger partial charge < -0.3 is 9.05 Å². The van der Waals surface area contributed by atoms with E-state index in [1.165, 1.54) is 0 Å². The highest BCUT2D eigenvalue weighted by Crippen LogP contribution is 2.53. The molecule has 0 aliphatic heterocycles. The van der Waals surface area contributed by atoms with Crippen LogP contribution in [0.5, 0.6) is 0 Å². The molecule has 0 amide bonds. The van der Waals surface area contributed by atoms with Gasteiger partial charge in [0.25, 0.3) is 0 Å². The molecule has 6 heteroatoms. The van der Waals surface area contributed by atoms with Gasteiger partial charge in [-0.05, 0) is 11.8 Å². The van der Waals surface area contributed by atoms with Gasteiger partial charge >= 0.3 is 0 Å². The first kappa shape index (κ1) is 15.2. The first-order valence-electron chi connectivity index (χ1n) is 2.96. The summed E-state index contributed by atoms with van der Waals surface area (Å²) < 4.78 is 10.2. The van der Waals surface area contributed by atoms with Gasteiger partial charge in [0.2, 0.25) is 5.69 Å². The number of hydrogen-bond acceptors (Lipinski definition) is 3. The third-order valence-electron chi connectivity index (χ3n) is 0.711. The SMILES string of the molecule is C=CCOP(=S)(S)OCC=C.S. The van der Waals surface area contributed by atoms with Crippen molar-refractivity contribution in [2.24, 2.45) is 0 Å². The average molecular weight is 244 g/mol. The Morgan fingerprint density at radius 1 is 1.25 bits per heavy atom. The molecule has 0 saturated heterocycles. The lowest BCUT2D eigenvalue weighted by Gasteiger charge is -2.13. The Morgan fingerprint density at radius 2 is 1.58 bits per heavy atom. The van der Waals surface area contributed by atoms with Crippen molar-refractivity contribution in [2.45, 2.75) is 0 Å². The maximum atomic E-state index is 5.08. The Morgan fingerprint density at radius 3 is 1.83 bits per heavy atom. The second-order valence-electron chi connectivity index (χ2n) is 1.64. The standard InChI is InChI=1S/C6H11O2PS2.H2S/c1-3-5-7-9(10,11)8-6-4-2;/h3-4H,1-2,5-6H2,(H,10,11);1H2. The molecule has 0 N–H and O–H groups in total. The van der Waals surface area contributed by atoms with E-state index >= 15 is 0 Å². The van der Waals surface area contributed by atoms with Crippen molar-refractivity contribution in [1.82, 2.24) is 0 Å². The van der Waals surface area contributed by atoms with Crippen molar-refractivity contribution >= 4 is 43.2 Å². The van der Waals surface area contributed by atoms with E-state index in [2.05, 4.69) is 25.4 Å². The van der Waals surface area contributed by atoms with E-state index in [4.69, 9.17) is 20.9 Å². The van der Waals surface area contributed by atoms with Crippen LogP contribution in [0.15, 0.2) is 25.3 Å². The Bertz CT molecular complexity index is 168. The van der Waals surface area contributed by atoms with Gasteiger partial charge in [0, 0.05) is 0 Å². The first-order valence-corrected chi connectivity index (χ1v) is 6.75. The Balaban J connectivity index is 0. The van der Waals surface area contributed by atoms with Crippen molar-refractivity contribution in [3.05, 3.63) is 25.3 Å². The van der Waals surface area contributed by atoms with E-state index in [0.717, 1.165) is 0 Å². The third kappa shape index (κ3) is 8.84. The largest absolute Gasteiger partial charge is 0.318 e. The molecule has 72 valence electrons. The Hall–Kier alpha value is 0.750. The minimum atomic E-state index is -2.34. The van der Waals surface area contributed by atoms with E-state index in [0.29, 0.717) is 13.2 Å². The van der Waals surface area contributed by atoms with Crippen molar-refractivity contribution in [3.63, 3.8) is 0 Å². The molecular formula is C6H13O2PS3. The minimum Gasteiger partial charge on any atom is -0.318 e. The van der Waals surface area contributed by atoms with Crippen LogP contribution in [0.4, 0.5) is 0 Å². The summed E-state index contributed by atoms with van der Waals surface area (Å²) in [5, 5.41) is 0. The van der Waals surface area contributed by atoms with Crippen LogP contribution in [0.2, 0.25) is 0 Å². The predicted octanol–water partition coefficient (Wildman–Crippen LogP) is 2.66. The molecule has 0 aromatic heterocycles. The van der Waals surface area contributed by atoms with Gasteiger partial charge in [0.05, 0.1) is 13.2 Å². The Kier molecular flexibility index (Phi) is 10.6. The molecule has 0 bridgehead atoms. The van der Waals surface area contributed by atoms with Gasteiger partial charge in [-0.25, -0.2) is 0 Å². The lowest BCUT2D eigenvalue weighted by Crippen LogP contribution is -1.90. The highest BCUT2D eigenvalue weighted by molar-refractivity contribution is 8.60. The van der Waals surface area contributed by atoms with Crippen molar-refractivity contribution in [2.75, 3.05) is 13.2 Å². The van der Waals surface area contributed by atoms with Crippen molar-refractivity contribution in [1.29, 1.82) is 0 Å². The molecule has 0 aliphatic carbocycles. The fraction of sp³-hybridized carbons (Fsp3) is 0.333. The average Bonchev–Trinajstić information content (AvgIpc) is 1.97. The number of hydrogen-bond donors (Lipinski definition) is 1. The summed E-state index contributed by atoms with van der Waals surface area (Å²) in [5.41, 5.74) is -2.34. The van der Waals surface area contributed by atoms with E-state index < -0.39 is 5.69 Å². The molecule has 0 heterocycles. The lowest BCUT2D eigenvalue weighted by atomic mass is 10.7. The lowest BCUT2D eigenvalue weighted by molar-refractivity contribution is 0.303. The number of rotatable bonds is 6. The molecule has 0 fully saturated rings. The van der Waals surface area contributed by atoms with E-state index in [-0.39, 0.29) is 13.5 Å². The van der Waals surface area contributed by atoms with Crippen LogP contribution in [-0.4, -0.2) is 13.2 Å². The topological polar surface area (TPSA) is 18.5 Å². The summed E-state index contributed by atoms with van der Waals surface area (Å²) in [6, 6.07) is 0. The second kappa shape index (κ2) is 8.35. The van der Waals surface area contributed by atoms with Crippen LogP contribution in [-0.2, 0) is 20.9 Å². The van der Waals surface area contributed by atoms with Gasteiger partial charge in [-0.3, -0.25) is 0 Å². The molecule has 0 rings (SSSR count). The number of thiol groups is 1. The molecule has 0 saturated carbocycles. The molecule has 0 aromatic rings.